The Hall–Kier alpha value is -0.540. The first-order valence-corrected chi connectivity index (χ1v) is 4.25. The molecule has 0 aliphatic carbocycles. The van der Waals surface area contributed by atoms with Crippen molar-refractivity contribution in [2.24, 2.45) is 0 Å². The molecule has 0 radical (unpaired) electrons. The zero-order valence-corrected chi connectivity index (χ0v) is 7.97. The molecule has 0 spiro atoms. The molecule has 0 amide bonds. The fourth-order valence-electron chi connectivity index (χ4n) is 0.825. The van der Waals surface area contributed by atoms with Gasteiger partial charge in [-0.05, 0) is 6.92 Å². The number of halogens is 1. The Morgan fingerprint density at radius 3 is 3.00 bits per heavy atom. The monoisotopic (exact) mass is 189 g/mol. The van der Waals surface area contributed by atoms with Crippen LogP contribution in [0.5, 0.6) is 0 Å². The molecule has 68 valence electrons. The van der Waals surface area contributed by atoms with Crippen molar-refractivity contribution in [3.05, 3.63) is 17.8 Å². The van der Waals surface area contributed by atoms with Crippen LogP contribution in [-0.2, 0) is 11.2 Å². The lowest BCUT2D eigenvalue weighted by molar-refractivity contribution is 0.196. The topological polar surface area (TPSA) is 35.3 Å². The highest BCUT2D eigenvalue weighted by Crippen LogP contribution is 2.18. The van der Waals surface area contributed by atoms with Crippen LogP contribution in [0.3, 0.4) is 0 Å². The zero-order chi connectivity index (χ0) is 8.97. The summed E-state index contributed by atoms with van der Waals surface area (Å²) in [4.78, 5) is 4.01. The summed E-state index contributed by atoms with van der Waals surface area (Å²) in [5.41, 5.74) is 0. The molecule has 0 aliphatic heterocycles. The Balaban J connectivity index is 2.52. The number of hydrogen-bond donors (Lipinski definition) is 0. The number of methoxy groups -OCH3 is 1. The first-order chi connectivity index (χ1) is 5.74. The van der Waals surface area contributed by atoms with E-state index in [-0.39, 0.29) is 5.38 Å². The maximum absolute atomic E-state index is 5.76. The number of ether oxygens (including phenoxy) is 1. The number of alkyl halides is 1. The molecule has 4 heteroatoms. The lowest BCUT2D eigenvalue weighted by Crippen LogP contribution is -1.91. The minimum atomic E-state index is -0.165. The molecule has 1 rings (SSSR count). The summed E-state index contributed by atoms with van der Waals surface area (Å²) in [5.74, 6) is 1.39. The predicted octanol–water partition coefficient (Wildman–Crippen LogP) is 2.16. The van der Waals surface area contributed by atoms with Crippen LogP contribution in [-0.4, -0.2) is 18.7 Å². The lowest BCUT2D eigenvalue weighted by atomic mass is 10.4. The Bertz CT molecular complexity index is 235. The maximum atomic E-state index is 5.76. The van der Waals surface area contributed by atoms with E-state index >= 15 is 0 Å². The number of oxazole rings is 1. The second-order valence-electron chi connectivity index (χ2n) is 2.52. The first kappa shape index (κ1) is 9.55. The molecule has 0 fully saturated rings. The Kier molecular flexibility index (Phi) is 3.56. The third kappa shape index (κ3) is 2.50. The molecule has 1 aromatic rings. The summed E-state index contributed by atoms with van der Waals surface area (Å²) < 4.78 is 10.2. The largest absolute Gasteiger partial charge is 0.444 e. The van der Waals surface area contributed by atoms with Crippen LogP contribution in [0.1, 0.15) is 24.0 Å². The second kappa shape index (κ2) is 4.48. The molecular weight excluding hydrogens is 178 g/mol. The van der Waals surface area contributed by atoms with E-state index in [1.54, 1.807) is 13.3 Å². The van der Waals surface area contributed by atoms with Crippen LogP contribution in [0.25, 0.3) is 0 Å². The second-order valence-corrected chi connectivity index (χ2v) is 3.18. The van der Waals surface area contributed by atoms with Gasteiger partial charge < -0.3 is 9.15 Å². The molecule has 1 atom stereocenters. The Morgan fingerprint density at radius 2 is 2.50 bits per heavy atom. The molecule has 12 heavy (non-hydrogen) atoms. The van der Waals surface area contributed by atoms with E-state index in [0.717, 1.165) is 12.2 Å². The smallest absolute Gasteiger partial charge is 0.212 e. The molecular formula is C8H12ClNO2. The average molecular weight is 190 g/mol. The van der Waals surface area contributed by atoms with E-state index in [1.165, 1.54) is 0 Å². The third-order valence-electron chi connectivity index (χ3n) is 1.46. The molecule has 0 saturated heterocycles. The van der Waals surface area contributed by atoms with Gasteiger partial charge in [-0.2, -0.15) is 0 Å². The SMILES string of the molecule is COCCc1cnc(C(C)Cl)o1. The Labute approximate surface area is 76.7 Å². The van der Waals surface area contributed by atoms with Crippen LogP contribution < -0.4 is 0 Å². The van der Waals surface area contributed by atoms with Gasteiger partial charge in [-0.15, -0.1) is 11.6 Å². The molecule has 3 nitrogen and oxygen atoms in total. The van der Waals surface area contributed by atoms with Crippen molar-refractivity contribution in [1.29, 1.82) is 0 Å². The van der Waals surface area contributed by atoms with Crippen molar-refractivity contribution >= 4 is 11.6 Å². The van der Waals surface area contributed by atoms with Gasteiger partial charge in [-0.25, -0.2) is 4.98 Å². The quantitative estimate of drug-likeness (QED) is 0.681. The highest BCUT2D eigenvalue weighted by molar-refractivity contribution is 6.20. The third-order valence-corrected chi connectivity index (χ3v) is 1.65. The molecule has 0 bridgehead atoms. The van der Waals surface area contributed by atoms with Crippen LogP contribution in [0.15, 0.2) is 10.6 Å². The van der Waals surface area contributed by atoms with Crippen LogP contribution >= 0.6 is 11.6 Å². The molecule has 0 aliphatic rings. The summed E-state index contributed by atoms with van der Waals surface area (Å²) in [6.45, 7) is 2.47. The predicted molar refractivity (Wildman–Crippen MR) is 46.4 cm³/mol. The minimum absolute atomic E-state index is 0.165. The van der Waals surface area contributed by atoms with Gasteiger partial charge in [0.25, 0.3) is 0 Å². The van der Waals surface area contributed by atoms with Gasteiger partial charge in [0.15, 0.2) is 0 Å². The van der Waals surface area contributed by atoms with Crippen molar-refractivity contribution in [3.8, 4) is 0 Å². The standard InChI is InChI=1S/C8H12ClNO2/c1-6(9)8-10-5-7(12-8)3-4-11-2/h5-6H,3-4H2,1-2H3. The summed E-state index contributed by atoms with van der Waals surface area (Å²) >= 11 is 5.76. The molecule has 0 saturated carbocycles. The number of nitrogens with zero attached hydrogens (tertiary/aromatic N) is 1. The molecule has 1 heterocycles. The number of hydrogen-bond acceptors (Lipinski definition) is 3. The molecule has 0 aromatic carbocycles. The maximum Gasteiger partial charge on any atom is 0.212 e. The van der Waals surface area contributed by atoms with Crippen molar-refractivity contribution in [2.45, 2.75) is 18.7 Å². The van der Waals surface area contributed by atoms with Gasteiger partial charge in [-0.1, -0.05) is 0 Å². The van der Waals surface area contributed by atoms with E-state index < -0.39 is 0 Å². The van der Waals surface area contributed by atoms with E-state index in [2.05, 4.69) is 4.98 Å². The van der Waals surface area contributed by atoms with Gasteiger partial charge in [0.05, 0.1) is 12.8 Å². The van der Waals surface area contributed by atoms with Gasteiger partial charge in [0, 0.05) is 13.5 Å². The summed E-state index contributed by atoms with van der Waals surface area (Å²) in [6.07, 6.45) is 2.43. The summed E-state index contributed by atoms with van der Waals surface area (Å²) in [6, 6.07) is 0. The van der Waals surface area contributed by atoms with Gasteiger partial charge in [0.1, 0.15) is 11.1 Å². The van der Waals surface area contributed by atoms with Crippen LogP contribution in [0.4, 0.5) is 0 Å². The minimum Gasteiger partial charge on any atom is -0.444 e. The fourth-order valence-corrected chi connectivity index (χ4v) is 0.926. The lowest BCUT2D eigenvalue weighted by Gasteiger charge is -1.95. The average Bonchev–Trinajstić information content (AvgIpc) is 2.48. The van der Waals surface area contributed by atoms with Crippen molar-refractivity contribution < 1.29 is 9.15 Å². The highest BCUT2D eigenvalue weighted by Gasteiger charge is 2.08. The molecule has 1 unspecified atom stereocenters. The van der Waals surface area contributed by atoms with E-state index in [4.69, 9.17) is 20.8 Å². The van der Waals surface area contributed by atoms with Crippen molar-refractivity contribution in [1.82, 2.24) is 4.98 Å². The van der Waals surface area contributed by atoms with Crippen molar-refractivity contribution in [2.75, 3.05) is 13.7 Å². The highest BCUT2D eigenvalue weighted by atomic mass is 35.5. The van der Waals surface area contributed by atoms with Gasteiger partial charge >= 0.3 is 0 Å². The summed E-state index contributed by atoms with van der Waals surface area (Å²) in [5, 5.41) is -0.165. The summed E-state index contributed by atoms with van der Waals surface area (Å²) in [7, 11) is 1.65. The van der Waals surface area contributed by atoms with E-state index in [1.807, 2.05) is 6.92 Å². The Morgan fingerprint density at radius 1 is 1.75 bits per heavy atom. The zero-order valence-electron chi connectivity index (χ0n) is 7.21. The van der Waals surface area contributed by atoms with Crippen LogP contribution in [0.2, 0.25) is 0 Å². The first-order valence-electron chi connectivity index (χ1n) is 3.81. The van der Waals surface area contributed by atoms with Crippen LogP contribution in [0, 0.1) is 0 Å². The fraction of sp³-hybridized carbons (Fsp3) is 0.625. The number of rotatable bonds is 4. The van der Waals surface area contributed by atoms with E-state index in [0.29, 0.717) is 12.5 Å². The number of aromatic nitrogens is 1. The van der Waals surface area contributed by atoms with Gasteiger partial charge in [-0.3, -0.25) is 0 Å². The van der Waals surface area contributed by atoms with E-state index in [9.17, 15) is 0 Å². The van der Waals surface area contributed by atoms with Crippen molar-refractivity contribution in [3.63, 3.8) is 0 Å². The normalized spacial score (nSPS) is 13.2. The van der Waals surface area contributed by atoms with Gasteiger partial charge in [0.2, 0.25) is 5.89 Å². The molecule has 0 N–H and O–H groups in total. The molecule has 1 aromatic heterocycles.